The minimum Gasteiger partial charge on any atom is -0.330 e. The molecular weight excluding hydrogens is 220 g/mol. The van der Waals surface area contributed by atoms with Crippen molar-refractivity contribution < 1.29 is 9.59 Å². The molecule has 98 valence electrons. The highest BCUT2D eigenvalue weighted by Gasteiger charge is 2.50. The van der Waals surface area contributed by atoms with Crippen molar-refractivity contribution in [2.75, 3.05) is 26.2 Å². The lowest BCUT2D eigenvalue weighted by atomic mass is 10.0. The Kier molecular flexibility index (Phi) is 4.47. The number of amides is 3. The van der Waals surface area contributed by atoms with Crippen molar-refractivity contribution in [2.45, 2.75) is 32.2 Å². The molecule has 17 heavy (non-hydrogen) atoms. The van der Waals surface area contributed by atoms with Crippen LogP contribution in [0, 0.1) is 0 Å². The number of nitrogens with two attached hydrogens (primary N) is 2. The summed E-state index contributed by atoms with van der Waals surface area (Å²) in [6, 6.07) is -0.220. The van der Waals surface area contributed by atoms with Gasteiger partial charge in [-0.05, 0) is 39.8 Å². The van der Waals surface area contributed by atoms with Gasteiger partial charge in [0.15, 0.2) is 0 Å². The van der Waals surface area contributed by atoms with Crippen LogP contribution in [0.15, 0.2) is 0 Å². The molecule has 0 saturated carbocycles. The van der Waals surface area contributed by atoms with Gasteiger partial charge < -0.3 is 16.4 Å². The van der Waals surface area contributed by atoms with Gasteiger partial charge in [-0.2, -0.15) is 0 Å². The third-order valence-corrected chi connectivity index (χ3v) is 3.08. The van der Waals surface area contributed by atoms with Crippen molar-refractivity contribution in [2.24, 2.45) is 11.5 Å². The third-order valence-electron chi connectivity index (χ3n) is 3.08. The summed E-state index contributed by atoms with van der Waals surface area (Å²) < 4.78 is 0. The summed E-state index contributed by atoms with van der Waals surface area (Å²) >= 11 is 0. The first-order valence-electron chi connectivity index (χ1n) is 6.00. The first-order valence-corrected chi connectivity index (χ1v) is 6.00. The maximum Gasteiger partial charge on any atom is 0.327 e. The molecule has 1 aliphatic heterocycles. The predicted molar refractivity (Wildman–Crippen MR) is 65.2 cm³/mol. The van der Waals surface area contributed by atoms with Crippen molar-refractivity contribution >= 4 is 11.9 Å². The van der Waals surface area contributed by atoms with Gasteiger partial charge in [-0.1, -0.05) is 0 Å². The van der Waals surface area contributed by atoms with Crippen molar-refractivity contribution in [3.05, 3.63) is 0 Å². The molecule has 0 atom stereocenters. The first kappa shape index (κ1) is 13.9. The van der Waals surface area contributed by atoms with Crippen molar-refractivity contribution in [3.8, 4) is 0 Å². The normalized spacial score (nSPS) is 19.3. The van der Waals surface area contributed by atoms with E-state index in [4.69, 9.17) is 11.5 Å². The van der Waals surface area contributed by atoms with Crippen molar-refractivity contribution in [1.29, 1.82) is 0 Å². The SMILES string of the molecule is CC1(C)C(=O)N(CCCN)C(=O)N1CCCN. The van der Waals surface area contributed by atoms with Crippen LogP contribution in [0.3, 0.4) is 0 Å². The van der Waals surface area contributed by atoms with Crippen LogP contribution in [0.4, 0.5) is 4.79 Å². The topological polar surface area (TPSA) is 92.7 Å². The molecule has 0 aliphatic carbocycles. The third kappa shape index (κ3) is 2.58. The molecule has 4 N–H and O–H groups in total. The Morgan fingerprint density at radius 3 is 2.12 bits per heavy atom. The zero-order valence-corrected chi connectivity index (χ0v) is 10.6. The van der Waals surface area contributed by atoms with Gasteiger partial charge in [0.05, 0.1) is 0 Å². The van der Waals surface area contributed by atoms with E-state index in [-0.39, 0.29) is 11.9 Å². The molecule has 0 unspecified atom stereocenters. The summed E-state index contributed by atoms with van der Waals surface area (Å²) in [6.07, 6.45) is 1.34. The summed E-state index contributed by atoms with van der Waals surface area (Å²) in [6.45, 7) is 5.44. The molecule has 6 nitrogen and oxygen atoms in total. The number of urea groups is 1. The lowest BCUT2D eigenvalue weighted by Gasteiger charge is -2.27. The molecule has 0 aromatic rings. The summed E-state index contributed by atoms with van der Waals surface area (Å²) in [5.74, 6) is -0.145. The van der Waals surface area contributed by atoms with Gasteiger partial charge in [0.25, 0.3) is 5.91 Å². The molecule has 1 fully saturated rings. The van der Waals surface area contributed by atoms with Gasteiger partial charge in [0, 0.05) is 13.1 Å². The minimum absolute atomic E-state index is 0.145. The summed E-state index contributed by atoms with van der Waals surface area (Å²) in [5.41, 5.74) is 10.1. The van der Waals surface area contributed by atoms with Crippen LogP contribution in [-0.4, -0.2) is 53.5 Å². The maximum atomic E-state index is 12.1. The standard InChI is InChI=1S/C11H22N4O2/c1-11(2)9(16)14(7-3-5-12)10(17)15(11)8-4-6-13/h3-8,12-13H2,1-2H3. The first-order chi connectivity index (χ1) is 7.96. The highest BCUT2D eigenvalue weighted by molar-refractivity contribution is 6.06. The van der Waals surface area contributed by atoms with Crippen LogP contribution in [0.5, 0.6) is 0 Å². The van der Waals surface area contributed by atoms with Crippen LogP contribution >= 0.6 is 0 Å². The maximum absolute atomic E-state index is 12.1. The van der Waals surface area contributed by atoms with E-state index in [2.05, 4.69) is 0 Å². The second-order valence-corrected chi connectivity index (χ2v) is 4.73. The van der Waals surface area contributed by atoms with Gasteiger partial charge in [-0.3, -0.25) is 9.69 Å². The number of nitrogens with zero attached hydrogens (tertiary/aromatic N) is 2. The van der Waals surface area contributed by atoms with Crippen LogP contribution < -0.4 is 11.5 Å². The summed E-state index contributed by atoms with van der Waals surface area (Å²) in [7, 11) is 0. The largest absolute Gasteiger partial charge is 0.330 e. The zero-order valence-electron chi connectivity index (χ0n) is 10.6. The fraction of sp³-hybridized carbons (Fsp3) is 0.818. The van der Waals surface area contributed by atoms with E-state index in [0.717, 1.165) is 0 Å². The molecule has 0 spiro atoms. The number of carbonyl (C=O) groups is 2. The van der Waals surface area contributed by atoms with Crippen molar-refractivity contribution in [3.63, 3.8) is 0 Å². The van der Waals surface area contributed by atoms with E-state index in [1.807, 2.05) is 0 Å². The lowest BCUT2D eigenvalue weighted by Crippen LogP contribution is -2.45. The Hall–Kier alpha value is -1.14. The number of hydrogen-bond donors (Lipinski definition) is 2. The van der Waals surface area contributed by atoms with Crippen LogP contribution in [-0.2, 0) is 4.79 Å². The zero-order chi connectivity index (χ0) is 13.1. The van der Waals surface area contributed by atoms with E-state index >= 15 is 0 Å². The monoisotopic (exact) mass is 242 g/mol. The molecule has 0 aromatic carbocycles. The predicted octanol–water partition coefficient (Wildman–Crippen LogP) is -0.273. The number of carbonyl (C=O) groups excluding carboxylic acids is 2. The molecule has 3 amide bonds. The Labute approximate surface area is 102 Å². The van der Waals surface area contributed by atoms with Crippen LogP contribution in [0.1, 0.15) is 26.7 Å². The second kappa shape index (κ2) is 5.46. The molecule has 0 radical (unpaired) electrons. The molecular formula is C11H22N4O2. The van der Waals surface area contributed by atoms with E-state index in [9.17, 15) is 9.59 Å². The Balaban J connectivity index is 2.79. The highest BCUT2D eigenvalue weighted by Crippen LogP contribution is 2.27. The highest BCUT2D eigenvalue weighted by atomic mass is 16.2. The summed E-state index contributed by atoms with van der Waals surface area (Å²) in [5, 5.41) is 0. The number of hydrogen-bond acceptors (Lipinski definition) is 4. The van der Waals surface area contributed by atoms with E-state index in [1.54, 1.807) is 18.7 Å². The van der Waals surface area contributed by atoms with Gasteiger partial charge in [-0.15, -0.1) is 0 Å². The molecule has 1 heterocycles. The molecule has 6 heteroatoms. The molecule has 1 saturated heterocycles. The lowest BCUT2D eigenvalue weighted by molar-refractivity contribution is -0.131. The van der Waals surface area contributed by atoms with Gasteiger partial charge in [-0.25, -0.2) is 4.79 Å². The van der Waals surface area contributed by atoms with E-state index < -0.39 is 5.54 Å². The average Bonchev–Trinajstić information content (AvgIpc) is 2.43. The van der Waals surface area contributed by atoms with Crippen molar-refractivity contribution in [1.82, 2.24) is 9.80 Å². The van der Waals surface area contributed by atoms with E-state index in [1.165, 1.54) is 4.90 Å². The Morgan fingerprint density at radius 1 is 1.06 bits per heavy atom. The smallest absolute Gasteiger partial charge is 0.327 e. The fourth-order valence-electron chi connectivity index (χ4n) is 1.99. The van der Waals surface area contributed by atoms with Crippen LogP contribution in [0.25, 0.3) is 0 Å². The van der Waals surface area contributed by atoms with Gasteiger partial charge >= 0.3 is 6.03 Å². The average molecular weight is 242 g/mol. The van der Waals surface area contributed by atoms with E-state index in [0.29, 0.717) is 39.0 Å². The molecule has 1 rings (SSSR count). The number of imide groups is 1. The minimum atomic E-state index is -0.763. The van der Waals surface area contributed by atoms with Crippen LogP contribution in [0.2, 0.25) is 0 Å². The second-order valence-electron chi connectivity index (χ2n) is 4.73. The molecule has 1 aliphatic rings. The molecule has 0 aromatic heterocycles. The quantitative estimate of drug-likeness (QED) is 0.627. The fourth-order valence-corrected chi connectivity index (χ4v) is 1.99. The number of rotatable bonds is 6. The Bertz CT molecular complexity index is 304. The molecule has 0 bridgehead atoms. The van der Waals surface area contributed by atoms with Gasteiger partial charge in [0.1, 0.15) is 5.54 Å². The Morgan fingerprint density at radius 2 is 1.59 bits per heavy atom. The summed E-state index contributed by atoms with van der Waals surface area (Å²) in [4.78, 5) is 27.1. The van der Waals surface area contributed by atoms with Gasteiger partial charge in [0.2, 0.25) is 0 Å².